The summed E-state index contributed by atoms with van der Waals surface area (Å²) in [6.07, 6.45) is 2.65. The van der Waals surface area contributed by atoms with E-state index in [0.29, 0.717) is 32.6 Å². The zero-order chi connectivity index (χ0) is 13.9. The molecule has 0 bridgehead atoms. The molecule has 1 aliphatic heterocycles. The number of nitriles is 1. The van der Waals surface area contributed by atoms with Crippen LogP contribution >= 0.6 is 0 Å². The van der Waals surface area contributed by atoms with Crippen LogP contribution in [0.15, 0.2) is 6.20 Å². The molecular weight excluding hydrogens is 244 g/mol. The molecule has 0 spiro atoms. The molecular formula is C13H18N4O2. The Kier molecular flexibility index (Phi) is 3.86. The molecule has 1 fully saturated rings. The SMILES string of the molecule is Cc1c(CNC(=O)C2(C#N)CCOCC2)cnn1C. The van der Waals surface area contributed by atoms with E-state index in [2.05, 4.69) is 16.5 Å². The Morgan fingerprint density at radius 1 is 1.63 bits per heavy atom. The Balaban J connectivity index is 2.01. The van der Waals surface area contributed by atoms with Gasteiger partial charge in [0.2, 0.25) is 5.91 Å². The van der Waals surface area contributed by atoms with Crippen LogP contribution in [0.25, 0.3) is 0 Å². The van der Waals surface area contributed by atoms with E-state index in [1.807, 2.05) is 14.0 Å². The van der Waals surface area contributed by atoms with Gasteiger partial charge in [-0.3, -0.25) is 9.48 Å². The largest absolute Gasteiger partial charge is 0.381 e. The number of carbonyl (C=O) groups excluding carboxylic acids is 1. The fourth-order valence-electron chi connectivity index (χ4n) is 2.17. The van der Waals surface area contributed by atoms with Crippen LogP contribution in [0.1, 0.15) is 24.1 Å². The smallest absolute Gasteiger partial charge is 0.240 e. The molecule has 2 rings (SSSR count). The zero-order valence-electron chi connectivity index (χ0n) is 11.3. The predicted molar refractivity (Wildman–Crippen MR) is 67.9 cm³/mol. The van der Waals surface area contributed by atoms with Crippen molar-refractivity contribution >= 4 is 5.91 Å². The minimum absolute atomic E-state index is 0.207. The molecule has 0 unspecified atom stereocenters. The number of nitrogens with zero attached hydrogens (tertiary/aromatic N) is 3. The van der Waals surface area contributed by atoms with Crippen LogP contribution in [0.2, 0.25) is 0 Å². The van der Waals surface area contributed by atoms with Crippen molar-refractivity contribution in [2.75, 3.05) is 13.2 Å². The topological polar surface area (TPSA) is 79.9 Å². The van der Waals surface area contributed by atoms with Crippen molar-refractivity contribution in [3.05, 3.63) is 17.5 Å². The van der Waals surface area contributed by atoms with Crippen LogP contribution < -0.4 is 5.32 Å². The summed E-state index contributed by atoms with van der Waals surface area (Å²) in [6.45, 7) is 3.28. The van der Waals surface area contributed by atoms with Gasteiger partial charge in [-0.1, -0.05) is 0 Å². The third-order valence-corrected chi connectivity index (χ3v) is 3.77. The van der Waals surface area contributed by atoms with Gasteiger partial charge in [-0.15, -0.1) is 0 Å². The minimum Gasteiger partial charge on any atom is -0.381 e. The number of rotatable bonds is 3. The van der Waals surface area contributed by atoms with E-state index in [1.54, 1.807) is 10.9 Å². The quantitative estimate of drug-likeness (QED) is 0.868. The van der Waals surface area contributed by atoms with Crippen molar-refractivity contribution in [3.63, 3.8) is 0 Å². The van der Waals surface area contributed by atoms with E-state index in [4.69, 9.17) is 4.74 Å². The van der Waals surface area contributed by atoms with Crippen LogP contribution in [0.5, 0.6) is 0 Å². The van der Waals surface area contributed by atoms with Gasteiger partial charge in [-0.2, -0.15) is 10.4 Å². The first kappa shape index (κ1) is 13.6. The molecule has 0 atom stereocenters. The Hall–Kier alpha value is -1.87. The van der Waals surface area contributed by atoms with Gasteiger partial charge in [0.15, 0.2) is 0 Å². The standard InChI is InChI=1S/C13H18N4O2/c1-10-11(8-16-17(10)2)7-15-12(18)13(9-14)3-5-19-6-4-13/h8H,3-7H2,1-2H3,(H,15,18). The summed E-state index contributed by atoms with van der Waals surface area (Å²) in [5, 5.41) is 16.3. The monoisotopic (exact) mass is 262 g/mol. The van der Waals surface area contributed by atoms with Crippen molar-refractivity contribution in [1.29, 1.82) is 5.26 Å². The van der Waals surface area contributed by atoms with Crippen molar-refractivity contribution in [2.24, 2.45) is 12.5 Å². The molecule has 1 N–H and O–H groups in total. The molecule has 0 radical (unpaired) electrons. The molecule has 0 aliphatic carbocycles. The highest BCUT2D eigenvalue weighted by Gasteiger charge is 2.40. The third kappa shape index (κ3) is 2.61. The van der Waals surface area contributed by atoms with Crippen LogP contribution in [-0.4, -0.2) is 28.9 Å². The summed E-state index contributed by atoms with van der Waals surface area (Å²) in [4.78, 5) is 12.2. The highest BCUT2D eigenvalue weighted by atomic mass is 16.5. The second-order valence-corrected chi connectivity index (χ2v) is 4.87. The molecule has 6 heteroatoms. The number of carbonyl (C=O) groups is 1. The van der Waals surface area contributed by atoms with Crippen molar-refractivity contribution < 1.29 is 9.53 Å². The summed E-state index contributed by atoms with van der Waals surface area (Å²) in [6, 6.07) is 2.16. The molecule has 102 valence electrons. The van der Waals surface area contributed by atoms with Gasteiger partial charge in [0.1, 0.15) is 5.41 Å². The Labute approximate surface area is 112 Å². The Morgan fingerprint density at radius 2 is 2.32 bits per heavy atom. The van der Waals surface area contributed by atoms with E-state index in [9.17, 15) is 10.1 Å². The summed E-state index contributed by atoms with van der Waals surface area (Å²) >= 11 is 0. The van der Waals surface area contributed by atoms with E-state index in [1.165, 1.54) is 0 Å². The maximum atomic E-state index is 12.2. The second kappa shape index (κ2) is 5.41. The maximum absolute atomic E-state index is 12.2. The third-order valence-electron chi connectivity index (χ3n) is 3.77. The fraction of sp³-hybridized carbons (Fsp3) is 0.615. The molecule has 1 aromatic rings. The molecule has 1 amide bonds. The lowest BCUT2D eigenvalue weighted by Crippen LogP contribution is -2.43. The summed E-state index contributed by atoms with van der Waals surface area (Å²) < 4.78 is 6.98. The summed E-state index contributed by atoms with van der Waals surface area (Å²) in [5.74, 6) is -0.207. The first-order valence-corrected chi connectivity index (χ1v) is 6.34. The lowest BCUT2D eigenvalue weighted by atomic mass is 9.81. The first-order valence-electron chi connectivity index (χ1n) is 6.34. The normalized spacial score (nSPS) is 17.7. The Morgan fingerprint density at radius 3 is 2.84 bits per heavy atom. The molecule has 2 heterocycles. The minimum atomic E-state index is -0.936. The molecule has 6 nitrogen and oxygen atoms in total. The summed E-state index contributed by atoms with van der Waals surface area (Å²) in [5.41, 5.74) is 1.04. The number of hydrogen-bond donors (Lipinski definition) is 1. The van der Waals surface area contributed by atoms with Crippen LogP contribution in [0.4, 0.5) is 0 Å². The fourth-order valence-corrected chi connectivity index (χ4v) is 2.17. The highest BCUT2D eigenvalue weighted by Crippen LogP contribution is 2.29. The average Bonchev–Trinajstić information content (AvgIpc) is 2.77. The summed E-state index contributed by atoms with van der Waals surface area (Å²) in [7, 11) is 1.86. The van der Waals surface area contributed by atoms with Gasteiger partial charge in [0, 0.05) is 38.1 Å². The molecule has 0 aromatic carbocycles. The van der Waals surface area contributed by atoms with Crippen LogP contribution in [0.3, 0.4) is 0 Å². The highest BCUT2D eigenvalue weighted by molar-refractivity contribution is 5.85. The van der Waals surface area contributed by atoms with Gasteiger partial charge in [-0.05, 0) is 19.8 Å². The predicted octanol–water partition coefficient (Wildman–Crippen LogP) is 0.665. The second-order valence-electron chi connectivity index (χ2n) is 4.87. The van der Waals surface area contributed by atoms with Crippen LogP contribution in [-0.2, 0) is 23.1 Å². The van der Waals surface area contributed by atoms with Gasteiger partial charge in [0.25, 0.3) is 0 Å². The van der Waals surface area contributed by atoms with E-state index < -0.39 is 5.41 Å². The molecule has 1 aliphatic rings. The van der Waals surface area contributed by atoms with E-state index in [-0.39, 0.29) is 5.91 Å². The van der Waals surface area contributed by atoms with Gasteiger partial charge >= 0.3 is 0 Å². The van der Waals surface area contributed by atoms with Gasteiger partial charge in [0.05, 0.1) is 12.3 Å². The molecule has 19 heavy (non-hydrogen) atoms. The number of aromatic nitrogens is 2. The number of aryl methyl sites for hydroxylation is 1. The molecule has 0 saturated carbocycles. The van der Waals surface area contributed by atoms with Crippen molar-refractivity contribution in [2.45, 2.75) is 26.3 Å². The number of amides is 1. The Bertz CT molecular complexity index is 509. The number of ether oxygens (including phenoxy) is 1. The average molecular weight is 262 g/mol. The maximum Gasteiger partial charge on any atom is 0.240 e. The lowest BCUT2D eigenvalue weighted by molar-refractivity contribution is -0.132. The number of nitrogens with one attached hydrogen (secondary N) is 1. The van der Waals surface area contributed by atoms with E-state index >= 15 is 0 Å². The lowest BCUT2D eigenvalue weighted by Gasteiger charge is -2.29. The molecule has 1 aromatic heterocycles. The number of hydrogen-bond acceptors (Lipinski definition) is 4. The van der Waals surface area contributed by atoms with Gasteiger partial charge in [-0.25, -0.2) is 0 Å². The molecule has 1 saturated heterocycles. The first-order chi connectivity index (χ1) is 9.09. The van der Waals surface area contributed by atoms with Crippen molar-refractivity contribution in [1.82, 2.24) is 15.1 Å². The van der Waals surface area contributed by atoms with Crippen LogP contribution in [0, 0.1) is 23.7 Å². The van der Waals surface area contributed by atoms with Crippen molar-refractivity contribution in [3.8, 4) is 6.07 Å². The van der Waals surface area contributed by atoms with Gasteiger partial charge < -0.3 is 10.1 Å². The van der Waals surface area contributed by atoms with E-state index in [0.717, 1.165) is 11.3 Å². The zero-order valence-corrected chi connectivity index (χ0v) is 11.3.